The SMILES string of the molecule is Nc1cc([C@@H]2CCCN(Cc3ccoc3)C2)nc2cc(-c3ccco3)nn12. The lowest BCUT2D eigenvalue weighted by Crippen LogP contribution is -2.34. The number of furan rings is 2. The number of nitrogens with two attached hydrogens (primary N) is 1. The van der Waals surface area contributed by atoms with Crippen LogP contribution in [0.2, 0.25) is 0 Å². The highest BCUT2D eigenvalue weighted by Crippen LogP contribution is 2.29. The molecule has 0 radical (unpaired) electrons. The lowest BCUT2D eigenvalue weighted by atomic mass is 9.94. The van der Waals surface area contributed by atoms with Gasteiger partial charge in [0.15, 0.2) is 11.4 Å². The third-order valence-electron chi connectivity index (χ3n) is 5.16. The number of aromatic nitrogens is 3. The molecule has 0 saturated carbocycles. The van der Waals surface area contributed by atoms with Crippen molar-refractivity contribution in [3.8, 4) is 11.5 Å². The molecule has 0 amide bonds. The predicted molar refractivity (Wildman–Crippen MR) is 101 cm³/mol. The molecule has 1 saturated heterocycles. The smallest absolute Gasteiger partial charge is 0.158 e. The largest absolute Gasteiger partial charge is 0.472 e. The van der Waals surface area contributed by atoms with Gasteiger partial charge in [0, 0.05) is 36.7 Å². The summed E-state index contributed by atoms with van der Waals surface area (Å²) in [5.74, 6) is 1.67. The van der Waals surface area contributed by atoms with Gasteiger partial charge in [-0.3, -0.25) is 4.90 Å². The molecule has 4 aromatic rings. The van der Waals surface area contributed by atoms with Crippen LogP contribution in [0.4, 0.5) is 5.82 Å². The number of fused-ring (bicyclic) bond motifs is 1. The number of piperidine rings is 1. The van der Waals surface area contributed by atoms with E-state index in [-0.39, 0.29) is 0 Å². The van der Waals surface area contributed by atoms with Crippen molar-refractivity contribution in [2.45, 2.75) is 25.3 Å². The van der Waals surface area contributed by atoms with Crippen molar-refractivity contribution in [2.75, 3.05) is 18.8 Å². The van der Waals surface area contributed by atoms with E-state index in [1.54, 1.807) is 17.0 Å². The third-order valence-corrected chi connectivity index (χ3v) is 5.16. The zero-order chi connectivity index (χ0) is 18.2. The third kappa shape index (κ3) is 3.10. The fourth-order valence-corrected chi connectivity index (χ4v) is 3.85. The molecule has 1 aliphatic heterocycles. The molecule has 1 atom stereocenters. The lowest BCUT2D eigenvalue weighted by Gasteiger charge is -2.32. The van der Waals surface area contributed by atoms with E-state index in [4.69, 9.17) is 19.6 Å². The standard InChI is InChI=1S/C20H21N5O2/c21-19-9-16(15-3-1-6-24(12-15)11-14-5-8-26-13-14)22-20-10-17(23-25(19)20)18-4-2-7-27-18/h2,4-5,7-10,13,15H,1,3,6,11-12,21H2/t15-/m1/s1. The van der Waals surface area contributed by atoms with Crippen LogP contribution in [0.1, 0.15) is 30.0 Å². The van der Waals surface area contributed by atoms with E-state index in [0.717, 1.165) is 49.5 Å². The Labute approximate surface area is 156 Å². The minimum absolute atomic E-state index is 0.361. The quantitative estimate of drug-likeness (QED) is 0.597. The Morgan fingerprint density at radius 3 is 3.00 bits per heavy atom. The van der Waals surface area contributed by atoms with Crippen molar-refractivity contribution in [1.29, 1.82) is 0 Å². The van der Waals surface area contributed by atoms with E-state index in [0.29, 0.717) is 17.5 Å². The Morgan fingerprint density at radius 1 is 1.22 bits per heavy atom. The molecule has 0 unspecified atom stereocenters. The van der Waals surface area contributed by atoms with E-state index in [1.165, 1.54) is 5.56 Å². The van der Waals surface area contributed by atoms with Crippen LogP contribution in [0.25, 0.3) is 17.1 Å². The first-order valence-corrected chi connectivity index (χ1v) is 9.20. The second-order valence-electron chi connectivity index (χ2n) is 7.09. The molecule has 5 heterocycles. The van der Waals surface area contributed by atoms with Gasteiger partial charge < -0.3 is 14.6 Å². The Hall–Kier alpha value is -3.06. The van der Waals surface area contributed by atoms with Gasteiger partial charge in [0.2, 0.25) is 0 Å². The van der Waals surface area contributed by atoms with E-state index in [1.807, 2.05) is 36.6 Å². The predicted octanol–water partition coefficient (Wildman–Crippen LogP) is 3.54. The first kappa shape index (κ1) is 16.1. The molecule has 0 spiro atoms. The highest BCUT2D eigenvalue weighted by atomic mass is 16.3. The molecule has 138 valence electrons. The molecule has 27 heavy (non-hydrogen) atoms. The Kier molecular flexibility index (Phi) is 3.94. The summed E-state index contributed by atoms with van der Waals surface area (Å²) in [5.41, 5.74) is 10.0. The summed E-state index contributed by atoms with van der Waals surface area (Å²) >= 11 is 0. The van der Waals surface area contributed by atoms with Crippen molar-refractivity contribution in [3.63, 3.8) is 0 Å². The van der Waals surface area contributed by atoms with Crippen molar-refractivity contribution >= 4 is 11.5 Å². The number of hydrogen-bond donors (Lipinski definition) is 1. The average Bonchev–Trinajstić information content (AvgIpc) is 3.43. The van der Waals surface area contributed by atoms with Crippen molar-refractivity contribution in [2.24, 2.45) is 0 Å². The number of rotatable bonds is 4. The highest BCUT2D eigenvalue weighted by molar-refractivity contribution is 5.61. The zero-order valence-electron chi connectivity index (χ0n) is 14.9. The maximum absolute atomic E-state index is 6.28. The van der Waals surface area contributed by atoms with Crippen LogP contribution >= 0.6 is 0 Å². The summed E-state index contributed by atoms with van der Waals surface area (Å²) in [5, 5.41) is 4.52. The second-order valence-corrected chi connectivity index (χ2v) is 7.09. The summed E-state index contributed by atoms with van der Waals surface area (Å²) in [4.78, 5) is 7.31. The molecule has 0 aliphatic carbocycles. The minimum Gasteiger partial charge on any atom is -0.472 e. The van der Waals surface area contributed by atoms with Crippen LogP contribution < -0.4 is 5.73 Å². The van der Waals surface area contributed by atoms with Gasteiger partial charge in [0.05, 0.1) is 24.5 Å². The normalized spacial score (nSPS) is 18.3. The molecule has 0 bridgehead atoms. The molecular formula is C20H21N5O2. The van der Waals surface area contributed by atoms with Crippen LogP contribution in [0.5, 0.6) is 0 Å². The number of likely N-dealkylation sites (tertiary alicyclic amines) is 1. The van der Waals surface area contributed by atoms with E-state index in [9.17, 15) is 0 Å². The molecule has 4 aromatic heterocycles. The van der Waals surface area contributed by atoms with Crippen LogP contribution in [-0.2, 0) is 6.54 Å². The Bertz CT molecular complexity index is 1040. The molecule has 0 aromatic carbocycles. The topological polar surface area (TPSA) is 85.7 Å². The molecular weight excluding hydrogens is 342 g/mol. The second kappa shape index (κ2) is 6.59. The Balaban J connectivity index is 1.42. The number of anilines is 1. The Morgan fingerprint density at radius 2 is 2.19 bits per heavy atom. The van der Waals surface area contributed by atoms with Gasteiger partial charge in [-0.15, -0.1) is 0 Å². The summed E-state index contributed by atoms with van der Waals surface area (Å²) in [6, 6.07) is 9.63. The van der Waals surface area contributed by atoms with Gasteiger partial charge in [-0.2, -0.15) is 9.61 Å². The maximum atomic E-state index is 6.28. The summed E-state index contributed by atoms with van der Waals surface area (Å²) < 4.78 is 12.3. The number of hydrogen-bond acceptors (Lipinski definition) is 6. The molecule has 1 aliphatic rings. The van der Waals surface area contributed by atoms with Gasteiger partial charge in [-0.25, -0.2) is 4.98 Å². The van der Waals surface area contributed by atoms with Crippen LogP contribution in [0.3, 0.4) is 0 Å². The minimum atomic E-state index is 0.361. The van der Waals surface area contributed by atoms with Crippen molar-refractivity contribution in [3.05, 3.63) is 60.4 Å². The monoisotopic (exact) mass is 363 g/mol. The van der Waals surface area contributed by atoms with Gasteiger partial charge in [0.25, 0.3) is 0 Å². The number of nitrogen functional groups attached to an aromatic ring is 1. The molecule has 7 heteroatoms. The average molecular weight is 363 g/mol. The van der Waals surface area contributed by atoms with E-state index in [2.05, 4.69) is 10.00 Å². The van der Waals surface area contributed by atoms with Crippen LogP contribution in [0, 0.1) is 0 Å². The van der Waals surface area contributed by atoms with Gasteiger partial charge in [-0.05, 0) is 37.6 Å². The summed E-state index contributed by atoms with van der Waals surface area (Å²) in [7, 11) is 0. The lowest BCUT2D eigenvalue weighted by molar-refractivity contribution is 0.198. The van der Waals surface area contributed by atoms with Crippen molar-refractivity contribution < 1.29 is 8.83 Å². The maximum Gasteiger partial charge on any atom is 0.158 e. The van der Waals surface area contributed by atoms with Crippen molar-refractivity contribution in [1.82, 2.24) is 19.5 Å². The first-order valence-electron chi connectivity index (χ1n) is 9.20. The van der Waals surface area contributed by atoms with E-state index >= 15 is 0 Å². The fraction of sp³-hybridized carbons (Fsp3) is 0.300. The van der Waals surface area contributed by atoms with Crippen LogP contribution in [0.15, 0.2) is 58.0 Å². The fourth-order valence-electron chi connectivity index (χ4n) is 3.85. The molecule has 5 rings (SSSR count). The highest BCUT2D eigenvalue weighted by Gasteiger charge is 2.24. The molecule has 1 fully saturated rings. The van der Waals surface area contributed by atoms with Gasteiger partial charge in [0.1, 0.15) is 11.5 Å². The van der Waals surface area contributed by atoms with Crippen LogP contribution in [-0.4, -0.2) is 32.6 Å². The van der Waals surface area contributed by atoms with E-state index < -0.39 is 0 Å². The molecule has 2 N–H and O–H groups in total. The van der Waals surface area contributed by atoms with Gasteiger partial charge in [-0.1, -0.05) is 0 Å². The zero-order valence-corrected chi connectivity index (χ0v) is 14.9. The summed E-state index contributed by atoms with van der Waals surface area (Å²) in [6.45, 7) is 2.96. The first-order chi connectivity index (χ1) is 13.3. The number of nitrogens with zero attached hydrogens (tertiary/aromatic N) is 4. The van der Waals surface area contributed by atoms with Gasteiger partial charge >= 0.3 is 0 Å². The molecule has 7 nitrogen and oxygen atoms in total. The summed E-state index contributed by atoms with van der Waals surface area (Å²) in [6.07, 6.45) is 7.44.